The van der Waals surface area contributed by atoms with E-state index in [1.165, 1.54) is 19.3 Å². The molecule has 3 unspecified atom stereocenters. The van der Waals surface area contributed by atoms with Crippen LogP contribution in [-0.2, 0) is 0 Å². The minimum Gasteiger partial charge on any atom is -0.389 e. The van der Waals surface area contributed by atoms with Crippen molar-refractivity contribution in [3.63, 3.8) is 0 Å². The largest absolute Gasteiger partial charge is 0.389 e. The second kappa shape index (κ2) is 4.48. The molecule has 14 heavy (non-hydrogen) atoms. The minimum absolute atomic E-state index is 0.259. The van der Waals surface area contributed by atoms with E-state index < -0.39 is 0 Å². The monoisotopic (exact) mass is 196 g/mol. The van der Waals surface area contributed by atoms with Gasteiger partial charge in [-0.25, -0.2) is 0 Å². The van der Waals surface area contributed by atoms with E-state index in [1.54, 1.807) is 0 Å². The Morgan fingerprint density at radius 1 is 1.43 bits per heavy atom. The second-order valence-electron chi connectivity index (χ2n) is 5.40. The third-order valence-corrected chi connectivity index (χ3v) is 3.75. The molecule has 1 fully saturated rings. The van der Waals surface area contributed by atoms with Gasteiger partial charge in [-0.2, -0.15) is 0 Å². The van der Waals surface area contributed by atoms with Crippen LogP contribution in [0.1, 0.15) is 47.0 Å². The quantitative estimate of drug-likeness (QED) is 0.671. The normalized spacial score (nSPS) is 34.6. The van der Waals surface area contributed by atoms with Crippen LogP contribution in [-0.4, -0.2) is 11.2 Å². The summed E-state index contributed by atoms with van der Waals surface area (Å²) in [5, 5.41) is 10.1. The van der Waals surface area contributed by atoms with E-state index in [2.05, 4.69) is 20.8 Å². The van der Waals surface area contributed by atoms with Gasteiger partial charge in [-0.15, -0.1) is 0 Å². The molecule has 0 aromatic carbocycles. The maximum absolute atomic E-state index is 10.1. The van der Waals surface area contributed by atoms with Crippen molar-refractivity contribution in [2.45, 2.75) is 53.1 Å². The number of rotatable bonds is 2. The molecular weight excluding hydrogens is 172 g/mol. The van der Waals surface area contributed by atoms with Gasteiger partial charge in [0, 0.05) is 0 Å². The van der Waals surface area contributed by atoms with Crippen LogP contribution in [0.5, 0.6) is 0 Å². The molecule has 0 heterocycles. The highest BCUT2D eigenvalue weighted by atomic mass is 16.3. The Morgan fingerprint density at radius 2 is 2.07 bits per heavy atom. The fourth-order valence-corrected chi connectivity index (χ4v) is 3.11. The molecule has 0 bridgehead atoms. The summed E-state index contributed by atoms with van der Waals surface area (Å²) in [6, 6.07) is 0. The van der Waals surface area contributed by atoms with E-state index in [0.717, 1.165) is 0 Å². The van der Waals surface area contributed by atoms with Crippen molar-refractivity contribution >= 4 is 0 Å². The van der Waals surface area contributed by atoms with Crippen molar-refractivity contribution in [1.82, 2.24) is 0 Å². The zero-order chi connectivity index (χ0) is 10.8. The molecule has 1 saturated carbocycles. The summed E-state index contributed by atoms with van der Waals surface area (Å²) in [7, 11) is 0. The Bertz CT molecular complexity index is 205. The highest BCUT2D eigenvalue weighted by Gasteiger charge is 2.39. The van der Waals surface area contributed by atoms with Crippen LogP contribution >= 0.6 is 0 Å². The van der Waals surface area contributed by atoms with Gasteiger partial charge < -0.3 is 5.11 Å². The summed E-state index contributed by atoms with van der Waals surface area (Å²) in [6.45, 7) is 8.84. The van der Waals surface area contributed by atoms with Gasteiger partial charge >= 0.3 is 0 Å². The molecular formula is C13H24O. The van der Waals surface area contributed by atoms with Crippen molar-refractivity contribution in [2.75, 3.05) is 0 Å². The minimum atomic E-state index is -0.259. The molecule has 1 aliphatic carbocycles. The van der Waals surface area contributed by atoms with Gasteiger partial charge in [0.15, 0.2) is 0 Å². The van der Waals surface area contributed by atoms with Crippen molar-refractivity contribution in [1.29, 1.82) is 0 Å². The zero-order valence-corrected chi connectivity index (χ0v) is 9.96. The molecule has 0 aromatic heterocycles. The molecule has 1 nitrogen and oxygen atoms in total. The average Bonchev–Trinajstić information content (AvgIpc) is 2.02. The van der Waals surface area contributed by atoms with Crippen molar-refractivity contribution in [3.05, 3.63) is 12.2 Å². The first-order valence-electron chi connectivity index (χ1n) is 5.80. The molecule has 82 valence electrons. The number of hydrogen-bond acceptors (Lipinski definition) is 1. The van der Waals surface area contributed by atoms with E-state index in [1.807, 2.05) is 19.1 Å². The van der Waals surface area contributed by atoms with Gasteiger partial charge in [-0.05, 0) is 30.6 Å². The van der Waals surface area contributed by atoms with E-state index in [9.17, 15) is 5.11 Å². The lowest BCUT2D eigenvalue weighted by atomic mass is 9.62. The summed E-state index contributed by atoms with van der Waals surface area (Å²) >= 11 is 0. The SMILES string of the molecule is CC=CC(O)C1C(C)CCCC1(C)C. The van der Waals surface area contributed by atoms with Crippen molar-refractivity contribution < 1.29 is 5.11 Å². The van der Waals surface area contributed by atoms with Gasteiger partial charge in [0.05, 0.1) is 6.10 Å². The lowest BCUT2D eigenvalue weighted by molar-refractivity contribution is -0.00404. The highest BCUT2D eigenvalue weighted by Crippen LogP contribution is 2.45. The molecule has 1 rings (SSSR count). The Labute approximate surface area is 88.2 Å². The molecule has 0 spiro atoms. The Kier molecular flexibility index (Phi) is 3.77. The standard InChI is InChI=1S/C13H24O/c1-5-7-11(14)12-10(2)8-6-9-13(12,3)4/h5,7,10-12,14H,6,8-9H2,1-4H3. The number of allylic oxidation sites excluding steroid dienone is 1. The van der Waals surface area contributed by atoms with Gasteiger partial charge in [0.25, 0.3) is 0 Å². The molecule has 1 aliphatic rings. The highest BCUT2D eigenvalue weighted by molar-refractivity contribution is 4.98. The maximum atomic E-state index is 10.1. The molecule has 0 amide bonds. The summed E-state index contributed by atoms with van der Waals surface area (Å²) in [5.41, 5.74) is 0.288. The maximum Gasteiger partial charge on any atom is 0.0756 e. The third-order valence-electron chi connectivity index (χ3n) is 3.75. The second-order valence-corrected chi connectivity index (χ2v) is 5.40. The fourth-order valence-electron chi connectivity index (χ4n) is 3.11. The van der Waals surface area contributed by atoms with E-state index >= 15 is 0 Å². The molecule has 3 atom stereocenters. The summed E-state index contributed by atoms with van der Waals surface area (Å²) in [6.07, 6.45) is 7.47. The molecule has 0 saturated heterocycles. The predicted molar refractivity (Wildman–Crippen MR) is 61.1 cm³/mol. The Morgan fingerprint density at radius 3 is 2.57 bits per heavy atom. The summed E-state index contributed by atoms with van der Waals surface area (Å²) in [4.78, 5) is 0. The van der Waals surface area contributed by atoms with Gasteiger partial charge in [0.1, 0.15) is 0 Å². The summed E-state index contributed by atoms with van der Waals surface area (Å²) in [5.74, 6) is 1.07. The Balaban J connectivity index is 2.79. The lowest BCUT2D eigenvalue weighted by Gasteiger charge is -2.44. The van der Waals surface area contributed by atoms with Crippen LogP contribution < -0.4 is 0 Å². The first-order chi connectivity index (χ1) is 6.49. The van der Waals surface area contributed by atoms with E-state index in [4.69, 9.17) is 0 Å². The first-order valence-corrected chi connectivity index (χ1v) is 5.80. The average molecular weight is 196 g/mol. The van der Waals surface area contributed by atoms with Crippen LogP contribution in [0, 0.1) is 17.3 Å². The van der Waals surface area contributed by atoms with Crippen LogP contribution in [0.2, 0.25) is 0 Å². The van der Waals surface area contributed by atoms with Gasteiger partial charge in [-0.3, -0.25) is 0 Å². The Hall–Kier alpha value is -0.300. The van der Waals surface area contributed by atoms with Crippen molar-refractivity contribution in [3.8, 4) is 0 Å². The fraction of sp³-hybridized carbons (Fsp3) is 0.846. The topological polar surface area (TPSA) is 20.2 Å². The molecule has 0 radical (unpaired) electrons. The smallest absolute Gasteiger partial charge is 0.0756 e. The number of hydrogen-bond donors (Lipinski definition) is 1. The molecule has 1 N–H and O–H groups in total. The first kappa shape index (κ1) is 11.8. The van der Waals surface area contributed by atoms with Crippen molar-refractivity contribution in [2.24, 2.45) is 17.3 Å². The van der Waals surface area contributed by atoms with Crippen LogP contribution in [0.25, 0.3) is 0 Å². The van der Waals surface area contributed by atoms with Crippen LogP contribution in [0.3, 0.4) is 0 Å². The van der Waals surface area contributed by atoms with Crippen LogP contribution in [0.4, 0.5) is 0 Å². The molecule has 1 heteroatoms. The molecule has 0 aromatic rings. The van der Waals surface area contributed by atoms with Crippen LogP contribution in [0.15, 0.2) is 12.2 Å². The zero-order valence-electron chi connectivity index (χ0n) is 9.96. The summed E-state index contributed by atoms with van der Waals surface area (Å²) < 4.78 is 0. The van der Waals surface area contributed by atoms with E-state index in [0.29, 0.717) is 11.8 Å². The number of aliphatic hydroxyl groups is 1. The third kappa shape index (κ3) is 2.38. The predicted octanol–water partition coefficient (Wildman–Crippen LogP) is 3.39. The van der Waals surface area contributed by atoms with E-state index in [-0.39, 0.29) is 11.5 Å². The number of aliphatic hydroxyl groups excluding tert-OH is 1. The lowest BCUT2D eigenvalue weighted by Crippen LogP contribution is -2.40. The van der Waals surface area contributed by atoms with Gasteiger partial charge in [-0.1, -0.05) is 45.8 Å². The van der Waals surface area contributed by atoms with Gasteiger partial charge in [0.2, 0.25) is 0 Å². The molecule has 0 aliphatic heterocycles.